The van der Waals surface area contributed by atoms with E-state index in [4.69, 9.17) is 4.74 Å². The van der Waals surface area contributed by atoms with Gasteiger partial charge in [-0.2, -0.15) is 5.26 Å². The maximum atomic E-state index is 12.5. The van der Waals surface area contributed by atoms with Crippen molar-refractivity contribution < 1.29 is 19.1 Å². The van der Waals surface area contributed by atoms with Gasteiger partial charge in [-0.25, -0.2) is 4.79 Å². The zero-order valence-corrected chi connectivity index (χ0v) is 19.4. The van der Waals surface area contributed by atoms with E-state index >= 15 is 0 Å². The van der Waals surface area contributed by atoms with Crippen LogP contribution in [0.15, 0.2) is 42.0 Å². The second kappa shape index (κ2) is 10.4. The summed E-state index contributed by atoms with van der Waals surface area (Å²) in [4.78, 5) is 23.7. The van der Waals surface area contributed by atoms with E-state index in [0.29, 0.717) is 17.0 Å². The van der Waals surface area contributed by atoms with Crippen LogP contribution >= 0.6 is 45.2 Å². The molecular weight excluding hydrogens is 586 g/mol. The van der Waals surface area contributed by atoms with Gasteiger partial charge >= 0.3 is 5.97 Å². The Labute approximate surface area is 190 Å². The van der Waals surface area contributed by atoms with E-state index in [1.165, 1.54) is 13.2 Å². The molecule has 0 bridgehead atoms. The van der Waals surface area contributed by atoms with E-state index in [0.717, 1.165) is 12.7 Å². The molecule has 0 saturated heterocycles. The first-order chi connectivity index (χ1) is 13.3. The van der Waals surface area contributed by atoms with Gasteiger partial charge in [0, 0.05) is 5.69 Å². The number of benzene rings is 2. The van der Waals surface area contributed by atoms with Crippen molar-refractivity contribution in [1.82, 2.24) is 0 Å². The number of ether oxygens (including phenoxy) is 2. The number of amides is 1. The highest BCUT2D eigenvalue weighted by atomic mass is 127. The molecule has 2 rings (SSSR count). The monoisotopic (exact) mass is 602 g/mol. The van der Waals surface area contributed by atoms with Gasteiger partial charge < -0.3 is 14.8 Å². The van der Waals surface area contributed by atoms with Crippen molar-refractivity contribution in [2.75, 3.05) is 19.0 Å². The van der Waals surface area contributed by atoms with Crippen LogP contribution in [0.2, 0.25) is 0 Å². The summed E-state index contributed by atoms with van der Waals surface area (Å²) in [5.74, 6) is -0.408. The second-order valence-corrected chi connectivity index (χ2v) is 7.94. The number of halogens is 2. The molecule has 28 heavy (non-hydrogen) atoms. The minimum atomic E-state index is -0.479. The molecule has 0 heterocycles. The molecule has 2 aromatic carbocycles. The number of nitrogens with one attached hydrogen (secondary N) is 1. The van der Waals surface area contributed by atoms with Crippen LogP contribution in [0.5, 0.6) is 5.75 Å². The molecule has 0 aliphatic rings. The highest BCUT2D eigenvalue weighted by Crippen LogP contribution is 2.30. The fraction of sp³-hybridized carbons (Fsp3) is 0.150. The van der Waals surface area contributed by atoms with Gasteiger partial charge in [-0.1, -0.05) is 18.2 Å². The predicted molar refractivity (Wildman–Crippen MR) is 123 cm³/mol. The molecule has 1 N–H and O–H groups in total. The predicted octanol–water partition coefficient (Wildman–Crippen LogP) is 4.30. The second-order valence-electron chi connectivity index (χ2n) is 5.62. The molecule has 144 valence electrons. The van der Waals surface area contributed by atoms with Crippen molar-refractivity contribution >= 4 is 68.8 Å². The normalized spacial score (nSPS) is 10.8. The molecular formula is C20H16I2N2O4. The molecule has 2 aromatic rings. The third kappa shape index (κ3) is 5.93. The number of carbonyl (C=O) groups is 2. The highest BCUT2D eigenvalue weighted by molar-refractivity contribution is 14.1. The molecule has 0 aliphatic carbocycles. The fourth-order valence-electron chi connectivity index (χ4n) is 2.21. The largest absolute Gasteiger partial charge is 0.480 e. The summed E-state index contributed by atoms with van der Waals surface area (Å²) in [6.45, 7) is 1.68. The molecule has 0 unspecified atom stereocenters. The van der Waals surface area contributed by atoms with E-state index < -0.39 is 11.9 Å². The average Bonchev–Trinajstić information content (AvgIpc) is 2.66. The Hall–Kier alpha value is -2.13. The molecule has 0 atom stereocenters. The maximum Gasteiger partial charge on any atom is 0.343 e. The topological polar surface area (TPSA) is 88.4 Å². The fourth-order valence-corrected chi connectivity index (χ4v) is 4.34. The van der Waals surface area contributed by atoms with Crippen molar-refractivity contribution in [3.8, 4) is 11.8 Å². The van der Waals surface area contributed by atoms with E-state index in [9.17, 15) is 14.9 Å². The van der Waals surface area contributed by atoms with E-state index in [1.54, 1.807) is 18.2 Å². The minimum absolute atomic E-state index is 0.0157. The lowest BCUT2D eigenvalue weighted by molar-refractivity contribution is -0.142. The number of nitriles is 1. The first kappa shape index (κ1) is 22.2. The number of hydrogen-bond donors (Lipinski definition) is 1. The van der Waals surface area contributed by atoms with E-state index in [1.807, 2.05) is 31.2 Å². The first-order valence-corrected chi connectivity index (χ1v) is 10.2. The van der Waals surface area contributed by atoms with Crippen molar-refractivity contribution in [1.29, 1.82) is 5.26 Å². The number of hydrogen-bond acceptors (Lipinski definition) is 5. The Morgan fingerprint density at radius 1 is 1.21 bits per heavy atom. The Bertz CT molecular complexity index is 957. The Kier molecular flexibility index (Phi) is 8.25. The SMILES string of the molecule is COC(=O)COc1c(I)cc(/C=C(/C#N)C(=O)Nc2ccccc2C)cc1I. The lowest BCUT2D eigenvalue weighted by atomic mass is 10.1. The summed E-state index contributed by atoms with van der Waals surface area (Å²) in [5, 5.41) is 12.2. The molecule has 0 radical (unpaired) electrons. The van der Waals surface area contributed by atoms with Crippen LogP contribution in [0.1, 0.15) is 11.1 Å². The van der Waals surface area contributed by atoms with Gasteiger partial charge in [0.2, 0.25) is 0 Å². The standard InChI is InChI=1S/C20H16I2N2O4/c1-12-5-3-4-6-17(12)24-20(26)14(10-23)7-13-8-15(21)19(16(22)9-13)28-11-18(25)27-2/h3-9H,11H2,1-2H3,(H,24,26)/b14-7-. The van der Waals surface area contributed by atoms with E-state index in [-0.39, 0.29) is 12.2 Å². The number of methoxy groups -OCH3 is 1. The summed E-state index contributed by atoms with van der Waals surface area (Å²) in [6.07, 6.45) is 1.52. The molecule has 6 nitrogen and oxygen atoms in total. The van der Waals surface area contributed by atoms with Crippen LogP contribution in [0.25, 0.3) is 6.08 Å². The van der Waals surface area contributed by atoms with Gasteiger partial charge in [0.15, 0.2) is 6.61 Å². The molecule has 0 spiro atoms. The Balaban J connectivity index is 2.24. The quantitative estimate of drug-likeness (QED) is 0.231. The highest BCUT2D eigenvalue weighted by Gasteiger charge is 2.14. The molecule has 8 heteroatoms. The van der Waals surface area contributed by atoms with Crippen LogP contribution in [0.3, 0.4) is 0 Å². The third-order valence-corrected chi connectivity index (χ3v) is 5.25. The third-order valence-electron chi connectivity index (χ3n) is 3.65. The summed E-state index contributed by atoms with van der Waals surface area (Å²) < 4.78 is 11.6. The summed E-state index contributed by atoms with van der Waals surface area (Å²) in [5.41, 5.74) is 2.22. The lowest BCUT2D eigenvalue weighted by Crippen LogP contribution is -2.14. The van der Waals surface area contributed by atoms with Crippen LogP contribution in [-0.2, 0) is 14.3 Å². The summed E-state index contributed by atoms with van der Waals surface area (Å²) in [7, 11) is 1.29. The van der Waals surface area contributed by atoms with Gasteiger partial charge in [0.05, 0.1) is 14.3 Å². The average molecular weight is 602 g/mol. The maximum absolute atomic E-state index is 12.5. The molecule has 1 amide bonds. The van der Waals surface area contributed by atoms with Crippen LogP contribution in [0, 0.1) is 25.4 Å². The Morgan fingerprint density at radius 2 is 1.86 bits per heavy atom. The number of anilines is 1. The van der Waals surface area contributed by atoms with E-state index in [2.05, 4.69) is 55.2 Å². The number of para-hydroxylation sites is 1. The van der Waals surface area contributed by atoms with Crippen LogP contribution in [-0.4, -0.2) is 25.6 Å². The Morgan fingerprint density at radius 3 is 2.43 bits per heavy atom. The van der Waals surface area contributed by atoms with Gasteiger partial charge in [0.25, 0.3) is 5.91 Å². The van der Waals surface area contributed by atoms with Crippen molar-refractivity contribution in [2.24, 2.45) is 0 Å². The zero-order chi connectivity index (χ0) is 20.7. The minimum Gasteiger partial charge on any atom is -0.480 e. The van der Waals surface area contributed by atoms with Crippen molar-refractivity contribution in [3.63, 3.8) is 0 Å². The number of rotatable bonds is 6. The molecule has 0 saturated carbocycles. The van der Waals surface area contributed by atoms with Crippen LogP contribution in [0.4, 0.5) is 5.69 Å². The molecule has 0 fully saturated rings. The van der Waals surface area contributed by atoms with Gasteiger partial charge in [0.1, 0.15) is 17.4 Å². The first-order valence-electron chi connectivity index (χ1n) is 8.03. The number of carbonyl (C=O) groups excluding carboxylic acids is 2. The lowest BCUT2D eigenvalue weighted by Gasteiger charge is -2.11. The molecule has 0 aliphatic heterocycles. The smallest absolute Gasteiger partial charge is 0.343 e. The van der Waals surface area contributed by atoms with Crippen molar-refractivity contribution in [2.45, 2.75) is 6.92 Å². The summed E-state index contributed by atoms with van der Waals surface area (Å²) >= 11 is 4.15. The van der Waals surface area contributed by atoms with Gasteiger partial charge in [-0.15, -0.1) is 0 Å². The van der Waals surface area contributed by atoms with Crippen LogP contribution < -0.4 is 10.1 Å². The summed E-state index contributed by atoms with van der Waals surface area (Å²) in [6, 6.07) is 12.8. The van der Waals surface area contributed by atoms with Crippen molar-refractivity contribution in [3.05, 3.63) is 60.2 Å². The molecule has 0 aromatic heterocycles. The van der Waals surface area contributed by atoms with Gasteiger partial charge in [-0.3, -0.25) is 4.79 Å². The number of esters is 1. The van der Waals surface area contributed by atoms with Gasteiger partial charge in [-0.05, 0) is 87.5 Å². The number of aryl methyl sites for hydroxylation is 1. The zero-order valence-electron chi connectivity index (χ0n) is 15.1. The number of nitrogens with zero attached hydrogens (tertiary/aromatic N) is 1.